The highest BCUT2D eigenvalue weighted by atomic mass is 32.2. The predicted octanol–water partition coefficient (Wildman–Crippen LogP) is 4.32. The smallest absolute Gasteiger partial charge is 0.338 e. The molecule has 2 heterocycles. The van der Waals surface area contributed by atoms with Crippen LogP contribution in [0.4, 0.5) is 0 Å². The van der Waals surface area contributed by atoms with Crippen molar-refractivity contribution in [3.63, 3.8) is 0 Å². The van der Waals surface area contributed by atoms with Gasteiger partial charge < -0.3 is 42.6 Å². The number of hydrogen-bond acceptors (Lipinski definition) is 16. The third-order valence-electron chi connectivity index (χ3n) is 9.95. The van der Waals surface area contributed by atoms with Gasteiger partial charge in [0.15, 0.2) is 24.8 Å². The zero-order valence-corrected chi connectivity index (χ0v) is 35.5. The first-order valence-electron chi connectivity index (χ1n) is 19.9. The molecule has 4 aromatic rings. The monoisotopic (exact) mass is 889 g/mol. The molecule has 18 heteroatoms. The highest BCUT2D eigenvalue weighted by Gasteiger charge is 2.54. The summed E-state index contributed by atoms with van der Waals surface area (Å²) in [6.07, 6.45) is -12.1. The molecule has 63 heavy (non-hydrogen) atoms. The van der Waals surface area contributed by atoms with Crippen molar-refractivity contribution in [2.24, 2.45) is 0 Å². The van der Waals surface area contributed by atoms with Gasteiger partial charge in [-0.05, 0) is 55.5 Å². The third kappa shape index (κ3) is 12.3. The Bertz CT molecular complexity index is 2300. The van der Waals surface area contributed by atoms with Gasteiger partial charge >= 0.3 is 29.8 Å². The molecule has 2 aliphatic heterocycles. The van der Waals surface area contributed by atoms with Crippen molar-refractivity contribution in [3.8, 4) is 0 Å². The molecule has 2 aliphatic rings. The summed E-state index contributed by atoms with van der Waals surface area (Å²) in [6.45, 7) is 2.99. The lowest BCUT2D eigenvalue weighted by Crippen LogP contribution is -2.65. The zero-order chi connectivity index (χ0) is 45.1. The Hall–Kier alpha value is -6.02. The lowest BCUT2D eigenvalue weighted by Gasteiger charge is -2.47. The van der Waals surface area contributed by atoms with Crippen LogP contribution < -0.4 is 4.72 Å². The van der Waals surface area contributed by atoms with E-state index in [-0.39, 0.29) is 28.0 Å². The Balaban J connectivity index is 1.41. The normalized spacial score (nSPS) is 24.6. The first-order valence-corrected chi connectivity index (χ1v) is 21.3. The van der Waals surface area contributed by atoms with Crippen LogP contribution in [0.1, 0.15) is 56.9 Å². The van der Waals surface area contributed by atoms with E-state index in [0.29, 0.717) is 0 Å². The zero-order valence-electron chi connectivity index (χ0n) is 34.7. The first kappa shape index (κ1) is 46.5. The van der Waals surface area contributed by atoms with Crippen LogP contribution in [0.25, 0.3) is 0 Å². The Kier molecular flexibility index (Phi) is 15.8. The molecule has 1 N–H and O–H groups in total. The van der Waals surface area contributed by atoms with Gasteiger partial charge in [0.25, 0.3) is 0 Å². The molecule has 2 saturated heterocycles. The van der Waals surface area contributed by atoms with Gasteiger partial charge in [-0.25, -0.2) is 27.5 Å². The van der Waals surface area contributed by atoms with E-state index in [1.165, 1.54) is 55.6 Å². The maximum atomic E-state index is 13.9. The van der Waals surface area contributed by atoms with Crippen molar-refractivity contribution < 1.29 is 75.0 Å². The van der Waals surface area contributed by atoms with E-state index < -0.39 is 108 Å². The van der Waals surface area contributed by atoms with Gasteiger partial charge in [0.1, 0.15) is 37.6 Å². The number of nitrogens with one attached hydrogen (secondary N) is 1. The summed E-state index contributed by atoms with van der Waals surface area (Å²) < 4.78 is 83.9. The van der Waals surface area contributed by atoms with Gasteiger partial charge in [-0.2, -0.15) is 0 Å². The summed E-state index contributed by atoms with van der Waals surface area (Å²) in [5, 5.41) is 0. The molecule has 9 atom stereocenters. The number of rotatable bonds is 16. The average molecular weight is 890 g/mol. The van der Waals surface area contributed by atoms with Gasteiger partial charge in [0.2, 0.25) is 10.0 Å². The number of ether oxygens (including phenoxy) is 9. The SMILES string of the molecule is CO[C@H]1O[C@H](COC(=O)c2ccccc2)[C@H](O[C@@H]2C[C@H](NS(=O)(=O)c3ccc(C)cc3)[C@H](OC(C)=O)[C@@H](COC(C)=O)O2)[C@H](OC(=O)c2ccccc2)[C@H]1OC(=O)c1ccccc1. The Morgan fingerprint density at radius 3 is 1.63 bits per heavy atom. The van der Waals surface area contributed by atoms with Crippen LogP contribution in [0.2, 0.25) is 0 Å². The summed E-state index contributed by atoms with van der Waals surface area (Å²) in [6, 6.07) is 28.7. The van der Waals surface area contributed by atoms with Gasteiger partial charge in [-0.1, -0.05) is 72.3 Å². The van der Waals surface area contributed by atoms with Gasteiger partial charge in [0.05, 0.1) is 27.6 Å². The van der Waals surface area contributed by atoms with Crippen molar-refractivity contribution in [1.82, 2.24) is 4.72 Å². The summed E-state index contributed by atoms with van der Waals surface area (Å²) in [5.74, 6) is -3.97. The van der Waals surface area contributed by atoms with Crippen LogP contribution in [0.5, 0.6) is 0 Å². The standard InChI is InChI=1S/C45H47NO16S/c1-27-20-22-33(23-21-27)63(52,53)46-34-24-37(58-35(25-55-28(2)47)38(34)57-29(3)48)60-39-36(26-56-42(49)30-14-8-5-9-15-30)59-45(54-4)41(62-44(51)32-18-12-7-13-19-32)40(39)61-43(50)31-16-10-6-11-17-31/h5-23,34-41,45-46H,24-26H2,1-4H3/t34-,35+,36+,37+,38-,39-,40-,41+,45-/m0/s1. The molecule has 0 radical (unpaired) electrons. The highest BCUT2D eigenvalue weighted by Crippen LogP contribution is 2.34. The first-order chi connectivity index (χ1) is 30.2. The highest BCUT2D eigenvalue weighted by molar-refractivity contribution is 7.89. The van der Waals surface area contributed by atoms with E-state index in [0.717, 1.165) is 19.4 Å². The Morgan fingerprint density at radius 2 is 1.11 bits per heavy atom. The number of sulfonamides is 1. The molecule has 334 valence electrons. The second-order valence-electron chi connectivity index (χ2n) is 14.6. The van der Waals surface area contributed by atoms with Crippen LogP contribution in [-0.4, -0.2) is 114 Å². The number of carbonyl (C=O) groups is 5. The summed E-state index contributed by atoms with van der Waals surface area (Å²) in [5.41, 5.74) is 1.26. The number of benzene rings is 4. The Labute approximate surface area is 363 Å². The fraction of sp³-hybridized carbons (Fsp3) is 0.356. The van der Waals surface area contributed by atoms with E-state index >= 15 is 0 Å². The molecule has 0 saturated carbocycles. The number of aryl methyl sites for hydroxylation is 1. The summed E-state index contributed by atoms with van der Waals surface area (Å²) in [4.78, 5) is 65.3. The fourth-order valence-electron chi connectivity index (χ4n) is 6.95. The van der Waals surface area contributed by atoms with Crippen molar-refractivity contribution in [1.29, 1.82) is 0 Å². The third-order valence-corrected chi connectivity index (χ3v) is 11.5. The average Bonchev–Trinajstić information content (AvgIpc) is 3.27. The number of hydrogen-bond donors (Lipinski definition) is 1. The van der Waals surface area contributed by atoms with E-state index in [2.05, 4.69) is 4.72 Å². The van der Waals surface area contributed by atoms with Crippen LogP contribution >= 0.6 is 0 Å². The van der Waals surface area contributed by atoms with Gasteiger partial charge in [0, 0.05) is 27.4 Å². The second kappa shape index (κ2) is 21.4. The molecular formula is C45H47NO16S. The van der Waals surface area contributed by atoms with Crippen LogP contribution in [0, 0.1) is 6.92 Å². The lowest BCUT2D eigenvalue weighted by molar-refractivity contribution is -0.333. The minimum atomic E-state index is -4.31. The molecule has 2 fully saturated rings. The molecule has 0 amide bonds. The van der Waals surface area contributed by atoms with Gasteiger partial charge in [-0.15, -0.1) is 0 Å². The van der Waals surface area contributed by atoms with E-state index in [9.17, 15) is 32.4 Å². The van der Waals surface area contributed by atoms with Gasteiger partial charge in [-0.3, -0.25) is 9.59 Å². The molecule has 0 aliphatic carbocycles. The topological polar surface area (TPSA) is 215 Å². The van der Waals surface area contributed by atoms with E-state index in [1.54, 1.807) is 73.7 Å². The van der Waals surface area contributed by atoms with Crippen molar-refractivity contribution in [3.05, 3.63) is 138 Å². The van der Waals surface area contributed by atoms with Crippen molar-refractivity contribution in [2.45, 2.75) is 87.3 Å². The Morgan fingerprint density at radius 1 is 0.603 bits per heavy atom. The number of carbonyl (C=O) groups excluding carboxylic acids is 5. The van der Waals surface area contributed by atoms with Crippen LogP contribution in [0.15, 0.2) is 120 Å². The molecule has 0 spiro atoms. The molecule has 0 unspecified atom stereocenters. The van der Waals surface area contributed by atoms with Crippen molar-refractivity contribution in [2.75, 3.05) is 20.3 Å². The summed E-state index contributed by atoms with van der Waals surface area (Å²) >= 11 is 0. The molecule has 4 aromatic carbocycles. The minimum absolute atomic E-state index is 0.0993. The maximum Gasteiger partial charge on any atom is 0.338 e. The lowest BCUT2D eigenvalue weighted by atomic mass is 9.96. The number of methoxy groups -OCH3 is 1. The molecule has 0 bridgehead atoms. The fourth-order valence-corrected chi connectivity index (χ4v) is 8.21. The second-order valence-corrected chi connectivity index (χ2v) is 16.3. The number of esters is 5. The molecule has 17 nitrogen and oxygen atoms in total. The quantitative estimate of drug-likeness (QED) is 0.123. The van der Waals surface area contributed by atoms with Crippen LogP contribution in [-0.2, 0) is 62.2 Å². The molecule has 6 rings (SSSR count). The van der Waals surface area contributed by atoms with Crippen LogP contribution in [0.3, 0.4) is 0 Å². The minimum Gasteiger partial charge on any atom is -0.463 e. The van der Waals surface area contributed by atoms with Crippen molar-refractivity contribution >= 4 is 39.9 Å². The van der Waals surface area contributed by atoms with E-state index in [4.69, 9.17) is 42.6 Å². The molecule has 0 aromatic heterocycles. The molecular weight excluding hydrogens is 843 g/mol. The summed E-state index contributed by atoms with van der Waals surface area (Å²) in [7, 11) is -3.05. The van der Waals surface area contributed by atoms with E-state index in [1.807, 2.05) is 0 Å². The maximum absolute atomic E-state index is 13.9. The largest absolute Gasteiger partial charge is 0.463 e. The predicted molar refractivity (Wildman–Crippen MR) is 219 cm³/mol.